The fourth-order valence-electron chi connectivity index (χ4n) is 1.91. The van der Waals surface area contributed by atoms with Crippen LogP contribution in [0.15, 0.2) is 12.1 Å². The Morgan fingerprint density at radius 2 is 2.29 bits per heavy atom. The Hall–Kier alpha value is -1.18. The van der Waals surface area contributed by atoms with Crippen LogP contribution in [0.25, 0.3) is 0 Å². The Balaban J connectivity index is 2.23. The van der Waals surface area contributed by atoms with Gasteiger partial charge in [0.15, 0.2) is 0 Å². The van der Waals surface area contributed by atoms with E-state index in [-0.39, 0.29) is 0 Å². The summed E-state index contributed by atoms with van der Waals surface area (Å²) in [6.07, 6.45) is 4.52. The van der Waals surface area contributed by atoms with Gasteiger partial charge in [0.05, 0.1) is 6.61 Å². The lowest BCUT2D eigenvalue weighted by atomic mass is 10.0. The second-order valence-electron chi connectivity index (χ2n) is 3.86. The SMILES string of the molecule is CCCCc1cc(N)c2c(c1)OCC2. The first-order valence-electron chi connectivity index (χ1n) is 5.35. The molecule has 1 aliphatic rings. The number of fused-ring (bicyclic) bond motifs is 1. The Morgan fingerprint density at radius 1 is 1.43 bits per heavy atom. The Labute approximate surface area is 85.1 Å². The summed E-state index contributed by atoms with van der Waals surface area (Å²) < 4.78 is 5.52. The molecule has 1 aliphatic heterocycles. The Bertz CT molecular complexity index is 333. The zero-order chi connectivity index (χ0) is 9.97. The van der Waals surface area contributed by atoms with Crippen molar-refractivity contribution in [2.75, 3.05) is 12.3 Å². The van der Waals surface area contributed by atoms with Crippen molar-refractivity contribution in [3.63, 3.8) is 0 Å². The fourth-order valence-corrected chi connectivity index (χ4v) is 1.91. The Kier molecular flexibility index (Phi) is 2.62. The summed E-state index contributed by atoms with van der Waals surface area (Å²) in [6, 6.07) is 4.25. The zero-order valence-corrected chi connectivity index (χ0v) is 8.68. The minimum Gasteiger partial charge on any atom is -0.493 e. The van der Waals surface area contributed by atoms with Gasteiger partial charge in [0.1, 0.15) is 5.75 Å². The number of ether oxygens (including phenoxy) is 1. The molecule has 0 radical (unpaired) electrons. The molecular weight excluding hydrogens is 174 g/mol. The van der Waals surface area contributed by atoms with Crippen molar-refractivity contribution in [1.29, 1.82) is 0 Å². The van der Waals surface area contributed by atoms with E-state index in [9.17, 15) is 0 Å². The largest absolute Gasteiger partial charge is 0.493 e. The van der Waals surface area contributed by atoms with Gasteiger partial charge in [-0.3, -0.25) is 0 Å². The minimum absolute atomic E-state index is 0.788. The summed E-state index contributed by atoms with van der Waals surface area (Å²) in [6.45, 7) is 2.99. The molecule has 1 heterocycles. The first kappa shape index (κ1) is 9.38. The molecule has 0 saturated carbocycles. The summed E-state index contributed by atoms with van der Waals surface area (Å²) >= 11 is 0. The number of unbranched alkanes of at least 4 members (excludes halogenated alkanes) is 1. The van der Waals surface area contributed by atoms with Gasteiger partial charge in [0.2, 0.25) is 0 Å². The van der Waals surface area contributed by atoms with E-state index in [1.165, 1.54) is 24.0 Å². The molecule has 0 bridgehead atoms. The first-order chi connectivity index (χ1) is 6.81. The molecule has 0 saturated heterocycles. The van der Waals surface area contributed by atoms with Crippen LogP contribution in [0.5, 0.6) is 5.75 Å². The highest BCUT2D eigenvalue weighted by molar-refractivity contribution is 5.58. The maximum absolute atomic E-state index is 5.96. The van der Waals surface area contributed by atoms with Crippen molar-refractivity contribution >= 4 is 5.69 Å². The second kappa shape index (κ2) is 3.91. The number of anilines is 1. The van der Waals surface area contributed by atoms with E-state index in [4.69, 9.17) is 10.5 Å². The van der Waals surface area contributed by atoms with Crippen molar-refractivity contribution in [1.82, 2.24) is 0 Å². The van der Waals surface area contributed by atoms with Gasteiger partial charge in [-0.1, -0.05) is 13.3 Å². The van der Waals surface area contributed by atoms with E-state index in [1.807, 2.05) is 0 Å². The number of aryl methyl sites for hydroxylation is 1. The number of nitrogen functional groups attached to an aromatic ring is 1. The highest BCUT2D eigenvalue weighted by Crippen LogP contribution is 2.32. The van der Waals surface area contributed by atoms with Crippen LogP contribution in [0, 0.1) is 0 Å². The molecule has 1 aromatic rings. The van der Waals surface area contributed by atoms with Crippen LogP contribution >= 0.6 is 0 Å². The predicted molar refractivity (Wildman–Crippen MR) is 58.7 cm³/mol. The second-order valence-corrected chi connectivity index (χ2v) is 3.86. The smallest absolute Gasteiger partial charge is 0.124 e. The molecule has 0 aromatic heterocycles. The molecule has 0 atom stereocenters. The maximum atomic E-state index is 5.96. The molecule has 2 heteroatoms. The fraction of sp³-hybridized carbons (Fsp3) is 0.500. The lowest BCUT2D eigenvalue weighted by Crippen LogP contribution is -1.94. The lowest BCUT2D eigenvalue weighted by molar-refractivity contribution is 0.356. The average molecular weight is 191 g/mol. The molecule has 14 heavy (non-hydrogen) atoms. The van der Waals surface area contributed by atoms with Gasteiger partial charge >= 0.3 is 0 Å². The van der Waals surface area contributed by atoms with Gasteiger partial charge in [-0.2, -0.15) is 0 Å². The van der Waals surface area contributed by atoms with Crippen LogP contribution in [0.3, 0.4) is 0 Å². The van der Waals surface area contributed by atoms with E-state index < -0.39 is 0 Å². The molecule has 1 aromatic carbocycles. The minimum atomic E-state index is 0.788. The van der Waals surface area contributed by atoms with E-state index in [0.717, 1.165) is 30.9 Å². The highest BCUT2D eigenvalue weighted by atomic mass is 16.5. The predicted octanol–water partition coefficient (Wildman–Crippen LogP) is 2.55. The monoisotopic (exact) mass is 191 g/mol. The van der Waals surface area contributed by atoms with Gasteiger partial charge in [0, 0.05) is 17.7 Å². The molecule has 0 aliphatic carbocycles. The molecular formula is C12H17NO. The van der Waals surface area contributed by atoms with E-state index in [0.29, 0.717) is 0 Å². The molecule has 0 amide bonds. The van der Waals surface area contributed by atoms with E-state index in [1.54, 1.807) is 0 Å². The topological polar surface area (TPSA) is 35.2 Å². The number of benzene rings is 1. The van der Waals surface area contributed by atoms with E-state index >= 15 is 0 Å². The van der Waals surface area contributed by atoms with Crippen LogP contribution in [-0.2, 0) is 12.8 Å². The third-order valence-electron chi connectivity index (χ3n) is 2.73. The normalized spacial score (nSPS) is 13.8. The van der Waals surface area contributed by atoms with Crippen LogP contribution < -0.4 is 10.5 Å². The maximum Gasteiger partial charge on any atom is 0.124 e. The van der Waals surface area contributed by atoms with Crippen LogP contribution in [0.4, 0.5) is 5.69 Å². The first-order valence-corrected chi connectivity index (χ1v) is 5.35. The van der Waals surface area contributed by atoms with Crippen molar-refractivity contribution < 1.29 is 4.74 Å². The lowest BCUT2D eigenvalue weighted by Gasteiger charge is -2.06. The highest BCUT2D eigenvalue weighted by Gasteiger charge is 2.15. The molecule has 2 N–H and O–H groups in total. The number of rotatable bonds is 3. The third kappa shape index (κ3) is 1.69. The van der Waals surface area contributed by atoms with Crippen molar-refractivity contribution in [2.24, 2.45) is 0 Å². The molecule has 2 rings (SSSR count). The summed E-state index contributed by atoms with van der Waals surface area (Å²) in [7, 11) is 0. The summed E-state index contributed by atoms with van der Waals surface area (Å²) in [5.74, 6) is 1.01. The van der Waals surface area contributed by atoms with Crippen LogP contribution in [0.2, 0.25) is 0 Å². The van der Waals surface area contributed by atoms with Gasteiger partial charge < -0.3 is 10.5 Å². The van der Waals surface area contributed by atoms with Crippen molar-refractivity contribution in [2.45, 2.75) is 32.6 Å². The van der Waals surface area contributed by atoms with Crippen molar-refractivity contribution in [3.8, 4) is 5.75 Å². The molecule has 0 spiro atoms. The van der Waals surface area contributed by atoms with Crippen LogP contribution in [-0.4, -0.2) is 6.61 Å². The average Bonchev–Trinajstić information content (AvgIpc) is 2.63. The van der Waals surface area contributed by atoms with Gasteiger partial charge in [-0.05, 0) is 30.5 Å². The quantitative estimate of drug-likeness (QED) is 0.745. The zero-order valence-electron chi connectivity index (χ0n) is 8.68. The summed E-state index contributed by atoms with van der Waals surface area (Å²) in [5.41, 5.74) is 9.38. The van der Waals surface area contributed by atoms with Gasteiger partial charge in [-0.15, -0.1) is 0 Å². The molecule has 0 fully saturated rings. The van der Waals surface area contributed by atoms with Gasteiger partial charge in [-0.25, -0.2) is 0 Å². The summed E-state index contributed by atoms with van der Waals surface area (Å²) in [4.78, 5) is 0. The number of hydrogen-bond acceptors (Lipinski definition) is 2. The summed E-state index contributed by atoms with van der Waals surface area (Å²) in [5, 5.41) is 0. The molecule has 2 nitrogen and oxygen atoms in total. The standard InChI is InChI=1S/C12H17NO/c1-2-3-4-9-7-11(13)10-5-6-14-12(10)8-9/h7-8H,2-6,13H2,1H3. The Morgan fingerprint density at radius 3 is 3.07 bits per heavy atom. The number of nitrogens with two attached hydrogens (primary N) is 1. The molecule has 76 valence electrons. The van der Waals surface area contributed by atoms with E-state index in [2.05, 4.69) is 19.1 Å². The van der Waals surface area contributed by atoms with Crippen molar-refractivity contribution in [3.05, 3.63) is 23.3 Å². The third-order valence-corrected chi connectivity index (χ3v) is 2.73. The molecule has 0 unspecified atom stereocenters. The van der Waals surface area contributed by atoms with Gasteiger partial charge in [0.25, 0.3) is 0 Å². The van der Waals surface area contributed by atoms with Crippen LogP contribution in [0.1, 0.15) is 30.9 Å². The number of hydrogen-bond donors (Lipinski definition) is 1.